The van der Waals surface area contributed by atoms with E-state index in [-0.39, 0.29) is 11.9 Å². The summed E-state index contributed by atoms with van der Waals surface area (Å²) >= 11 is 0. The molecular weight excluding hydrogens is 224 g/mol. The van der Waals surface area contributed by atoms with Crippen LogP contribution in [-0.4, -0.2) is 18.5 Å². The van der Waals surface area contributed by atoms with E-state index in [1.54, 1.807) is 0 Å². The molecule has 1 fully saturated rings. The van der Waals surface area contributed by atoms with Gasteiger partial charge in [0.25, 0.3) is 0 Å². The molecular formula is C16H22O2. The number of rotatable bonds is 5. The van der Waals surface area contributed by atoms with Crippen molar-refractivity contribution in [3.8, 4) is 0 Å². The van der Waals surface area contributed by atoms with Crippen molar-refractivity contribution in [2.45, 2.75) is 45.1 Å². The molecule has 0 radical (unpaired) electrons. The van der Waals surface area contributed by atoms with E-state index in [1.807, 2.05) is 37.3 Å². The standard InChI is InChI=1S/C16H22O2/c1-13(16(17)15-10-6-3-7-11-15)18-12-14-8-4-2-5-9-14/h3,6-7,10-11,13-14H,2,4-5,8-9,12H2,1H3. The molecule has 2 heteroatoms. The number of benzene rings is 1. The summed E-state index contributed by atoms with van der Waals surface area (Å²) in [7, 11) is 0. The highest BCUT2D eigenvalue weighted by Gasteiger charge is 2.19. The SMILES string of the molecule is CC(OCC1CCCCC1)C(=O)c1ccccc1. The predicted molar refractivity (Wildman–Crippen MR) is 72.8 cm³/mol. The van der Waals surface area contributed by atoms with E-state index < -0.39 is 0 Å². The summed E-state index contributed by atoms with van der Waals surface area (Å²) in [5.41, 5.74) is 0.744. The summed E-state index contributed by atoms with van der Waals surface area (Å²) in [5, 5.41) is 0. The molecule has 98 valence electrons. The first-order valence-corrected chi connectivity index (χ1v) is 6.98. The molecule has 0 N–H and O–H groups in total. The van der Waals surface area contributed by atoms with E-state index in [1.165, 1.54) is 32.1 Å². The summed E-state index contributed by atoms with van der Waals surface area (Å²) < 4.78 is 5.75. The molecule has 0 aromatic heterocycles. The van der Waals surface area contributed by atoms with E-state index in [0.29, 0.717) is 5.92 Å². The fourth-order valence-corrected chi connectivity index (χ4v) is 2.55. The van der Waals surface area contributed by atoms with E-state index in [0.717, 1.165) is 12.2 Å². The molecule has 1 saturated carbocycles. The molecule has 2 rings (SSSR count). The van der Waals surface area contributed by atoms with Crippen molar-refractivity contribution in [1.29, 1.82) is 0 Å². The minimum absolute atomic E-state index is 0.0893. The van der Waals surface area contributed by atoms with Crippen molar-refractivity contribution in [2.24, 2.45) is 5.92 Å². The maximum atomic E-state index is 12.1. The average molecular weight is 246 g/mol. The minimum atomic E-state index is -0.325. The summed E-state index contributed by atoms with van der Waals surface area (Å²) in [6, 6.07) is 9.40. The fraction of sp³-hybridized carbons (Fsp3) is 0.562. The molecule has 0 saturated heterocycles. The van der Waals surface area contributed by atoms with Gasteiger partial charge in [-0.1, -0.05) is 49.6 Å². The van der Waals surface area contributed by atoms with Crippen LogP contribution in [0.5, 0.6) is 0 Å². The first kappa shape index (κ1) is 13.3. The van der Waals surface area contributed by atoms with Gasteiger partial charge in [-0.3, -0.25) is 4.79 Å². The Labute approximate surface area is 109 Å². The van der Waals surface area contributed by atoms with Crippen LogP contribution in [0.2, 0.25) is 0 Å². The van der Waals surface area contributed by atoms with Gasteiger partial charge in [-0.2, -0.15) is 0 Å². The van der Waals surface area contributed by atoms with Crippen LogP contribution in [0.15, 0.2) is 30.3 Å². The van der Waals surface area contributed by atoms with Gasteiger partial charge < -0.3 is 4.74 Å². The maximum absolute atomic E-state index is 12.1. The fourth-order valence-electron chi connectivity index (χ4n) is 2.55. The van der Waals surface area contributed by atoms with E-state index in [2.05, 4.69) is 0 Å². The smallest absolute Gasteiger partial charge is 0.191 e. The second kappa shape index (κ2) is 6.69. The van der Waals surface area contributed by atoms with Crippen LogP contribution in [0.25, 0.3) is 0 Å². The highest BCUT2D eigenvalue weighted by atomic mass is 16.5. The molecule has 1 unspecified atom stereocenters. The van der Waals surface area contributed by atoms with Gasteiger partial charge in [0.15, 0.2) is 5.78 Å². The zero-order chi connectivity index (χ0) is 12.8. The van der Waals surface area contributed by atoms with Crippen molar-refractivity contribution in [1.82, 2.24) is 0 Å². The number of carbonyl (C=O) groups is 1. The molecule has 0 spiro atoms. The zero-order valence-corrected chi connectivity index (χ0v) is 11.1. The van der Waals surface area contributed by atoms with Crippen molar-refractivity contribution in [3.63, 3.8) is 0 Å². The van der Waals surface area contributed by atoms with Crippen LogP contribution in [0.1, 0.15) is 49.4 Å². The largest absolute Gasteiger partial charge is 0.370 e. The molecule has 18 heavy (non-hydrogen) atoms. The van der Waals surface area contributed by atoms with Crippen LogP contribution in [0.4, 0.5) is 0 Å². The monoisotopic (exact) mass is 246 g/mol. The van der Waals surface area contributed by atoms with Crippen molar-refractivity contribution in [3.05, 3.63) is 35.9 Å². The predicted octanol–water partition coefficient (Wildman–Crippen LogP) is 3.85. The number of Topliss-reactive ketones (excluding diaryl/α,β-unsaturated/α-hetero) is 1. The second-order valence-corrected chi connectivity index (χ2v) is 5.21. The average Bonchev–Trinajstić information content (AvgIpc) is 2.46. The Hall–Kier alpha value is -1.15. The Bertz CT molecular complexity index is 366. The number of carbonyl (C=O) groups excluding carboxylic acids is 1. The lowest BCUT2D eigenvalue weighted by molar-refractivity contribution is 0.0286. The Kier molecular flexibility index (Phi) is 4.94. The number of hydrogen-bond donors (Lipinski definition) is 0. The summed E-state index contributed by atoms with van der Waals surface area (Å²) in [5.74, 6) is 0.746. The van der Waals surface area contributed by atoms with Gasteiger partial charge in [-0.25, -0.2) is 0 Å². The molecule has 0 amide bonds. The van der Waals surface area contributed by atoms with Gasteiger partial charge in [-0.15, -0.1) is 0 Å². The van der Waals surface area contributed by atoms with Crippen LogP contribution >= 0.6 is 0 Å². The van der Waals surface area contributed by atoms with Gasteiger partial charge in [0.2, 0.25) is 0 Å². The van der Waals surface area contributed by atoms with Crippen LogP contribution in [0, 0.1) is 5.92 Å². The molecule has 2 nitrogen and oxygen atoms in total. The molecule has 0 aliphatic heterocycles. The van der Waals surface area contributed by atoms with E-state index in [9.17, 15) is 4.79 Å². The van der Waals surface area contributed by atoms with Gasteiger partial charge in [-0.05, 0) is 25.7 Å². The number of ketones is 1. The summed E-state index contributed by atoms with van der Waals surface area (Å²) in [6.45, 7) is 2.60. The lowest BCUT2D eigenvalue weighted by Crippen LogP contribution is -2.24. The number of hydrogen-bond acceptors (Lipinski definition) is 2. The molecule has 1 aromatic carbocycles. The molecule has 0 heterocycles. The van der Waals surface area contributed by atoms with Gasteiger partial charge in [0.05, 0.1) is 6.61 Å². The van der Waals surface area contributed by atoms with E-state index in [4.69, 9.17) is 4.74 Å². The van der Waals surface area contributed by atoms with Crippen molar-refractivity contribution >= 4 is 5.78 Å². The Morgan fingerprint density at radius 3 is 2.56 bits per heavy atom. The third-order valence-corrected chi connectivity index (χ3v) is 3.73. The first-order valence-electron chi connectivity index (χ1n) is 6.98. The summed E-state index contributed by atoms with van der Waals surface area (Å²) in [4.78, 5) is 12.1. The second-order valence-electron chi connectivity index (χ2n) is 5.21. The zero-order valence-electron chi connectivity index (χ0n) is 11.1. The molecule has 0 bridgehead atoms. The third-order valence-electron chi connectivity index (χ3n) is 3.73. The number of ether oxygens (including phenoxy) is 1. The van der Waals surface area contributed by atoms with Gasteiger partial charge in [0, 0.05) is 5.56 Å². The molecule has 1 atom stereocenters. The van der Waals surface area contributed by atoms with Gasteiger partial charge >= 0.3 is 0 Å². The molecule has 1 aromatic rings. The topological polar surface area (TPSA) is 26.3 Å². The summed E-state index contributed by atoms with van der Waals surface area (Å²) in [6.07, 6.45) is 6.17. The van der Waals surface area contributed by atoms with Crippen molar-refractivity contribution in [2.75, 3.05) is 6.61 Å². The van der Waals surface area contributed by atoms with Crippen LogP contribution in [0.3, 0.4) is 0 Å². The Balaban J connectivity index is 1.80. The van der Waals surface area contributed by atoms with Gasteiger partial charge in [0.1, 0.15) is 6.10 Å². The Morgan fingerprint density at radius 1 is 1.22 bits per heavy atom. The normalized spacial score (nSPS) is 18.5. The minimum Gasteiger partial charge on any atom is -0.370 e. The highest BCUT2D eigenvalue weighted by molar-refractivity contribution is 5.99. The molecule has 1 aliphatic carbocycles. The first-order chi connectivity index (χ1) is 8.77. The van der Waals surface area contributed by atoms with E-state index >= 15 is 0 Å². The lowest BCUT2D eigenvalue weighted by Gasteiger charge is -2.23. The van der Waals surface area contributed by atoms with Crippen molar-refractivity contribution < 1.29 is 9.53 Å². The lowest BCUT2D eigenvalue weighted by atomic mass is 9.90. The Morgan fingerprint density at radius 2 is 1.89 bits per heavy atom. The molecule has 1 aliphatic rings. The third kappa shape index (κ3) is 3.67. The quantitative estimate of drug-likeness (QED) is 0.737. The maximum Gasteiger partial charge on any atom is 0.191 e. The van der Waals surface area contributed by atoms with Crippen LogP contribution in [-0.2, 0) is 4.74 Å². The highest BCUT2D eigenvalue weighted by Crippen LogP contribution is 2.24. The van der Waals surface area contributed by atoms with Crippen LogP contribution < -0.4 is 0 Å².